The van der Waals surface area contributed by atoms with Crippen LogP contribution < -0.4 is 5.73 Å². The Bertz CT molecular complexity index is 312. The van der Waals surface area contributed by atoms with Crippen LogP contribution >= 0.6 is 15.9 Å². The largest absolute Gasteiger partial charge is 0.481 e. The van der Waals surface area contributed by atoms with Crippen LogP contribution in [0.1, 0.15) is 5.56 Å². The standard InChI is InChI=1S/C8H8BrNO2/c9-6-3-5(4-8(11)12)1-2-7(6)10/h1-3H,4,10H2,(H,11,12). The molecule has 1 aromatic rings. The number of carbonyl (C=O) groups is 1. The highest BCUT2D eigenvalue weighted by molar-refractivity contribution is 9.10. The van der Waals surface area contributed by atoms with Crippen molar-refractivity contribution in [1.82, 2.24) is 0 Å². The van der Waals surface area contributed by atoms with Gasteiger partial charge in [-0.15, -0.1) is 0 Å². The van der Waals surface area contributed by atoms with E-state index in [1.165, 1.54) is 0 Å². The van der Waals surface area contributed by atoms with Crippen molar-refractivity contribution in [2.75, 3.05) is 5.73 Å². The van der Waals surface area contributed by atoms with Gasteiger partial charge in [0.25, 0.3) is 0 Å². The van der Waals surface area contributed by atoms with Crippen LogP contribution in [-0.2, 0) is 11.2 Å². The van der Waals surface area contributed by atoms with Crippen molar-refractivity contribution in [1.29, 1.82) is 0 Å². The van der Waals surface area contributed by atoms with Crippen LogP contribution in [0.15, 0.2) is 22.7 Å². The Morgan fingerprint density at radius 3 is 2.75 bits per heavy atom. The molecular formula is C8H8BrNO2. The molecule has 0 unspecified atom stereocenters. The van der Waals surface area contributed by atoms with Gasteiger partial charge in [0.2, 0.25) is 0 Å². The Morgan fingerprint density at radius 1 is 1.58 bits per heavy atom. The summed E-state index contributed by atoms with van der Waals surface area (Å²) in [7, 11) is 0. The highest BCUT2D eigenvalue weighted by atomic mass is 79.9. The summed E-state index contributed by atoms with van der Waals surface area (Å²) < 4.78 is 0.737. The molecule has 0 atom stereocenters. The summed E-state index contributed by atoms with van der Waals surface area (Å²) in [6.07, 6.45) is 0.0267. The van der Waals surface area contributed by atoms with E-state index in [-0.39, 0.29) is 6.42 Å². The van der Waals surface area contributed by atoms with E-state index in [1.807, 2.05) is 0 Å². The second-order valence-corrected chi connectivity index (χ2v) is 3.28. The minimum absolute atomic E-state index is 0.0267. The molecule has 0 radical (unpaired) electrons. The van der Waals surface area contributed by atoms with Gasteiger partial charge in [0, 0.05) is 10.2 Å². The number of carboxylic acid groups (broad SMARTS) is 1. The number of rotatable bonds is 2. The molecule has 0 fully saturated rings. The Labute approximate surface area is 78.3 Å². The van der Waals surface area contributed by atoms with Gasteiger partial charge in [0.1, 0.15) is 0 Å². The van der Waals surface area contributed by atoms with Crippen molar-refractivity contribution in [3.05, 3.63) is 28.2 Å². The van der Waals surface area contributed by atoms with E-state index in [1.54, 1.807) is 18.2 Å². The molecule has 0 bridgehead atoms. The number of anilines is 1. The second kappa shape index (κ2) is 3.58. The molecule has 0 saturated carbocycles. The predicted molar refractivity (Wildman–Crippen MR) is 49.9 cm³/mol. The molecule has 1 aromatic carbocycles. The average Bonchev–Trinajstić information content (AvgIpc) is 1.96. The fourth-order valence-corrected chi connectivity index (χ4v) is 1.28. The number of carboxylic acids is 1. The number of hydrogen-bond donors (Lipinski definition) is 2. The van der Waals surface area contributed by atoms with E-state index >= 15 is 0 Å². The zero-order valence-electron chi connectivity index (χ0n) is 6.25. The molecule has 0 aromatic heterocycles. The van der Waals surface area contributed by atoms with E-state index in [4.69, 9.17) is 10.8 Å². The molecule has 4 heteroatoms. The van der Waals surface area contributed by atoms with Crippen molar-refractivity contribution >= 4 is 27.6 Å². The third kappa shape index (κ3) is 2.23. The minimum atomic E-state index is -0.841. The molecule has 3 nitrogen and oxygen atoms in total. The summed E-state index contributed by atoms with van der Waals surface area (Å²) in [5, 5.41) is 8.48. The molecule has 0 amide bonds. The first-order valence-electron chi connectivity index (χ1n) is 3.35. The Morgan fingerprint density at radius 2 is 2.25 bits per heavy atom. The molecule has 0 heterocycles. The predicted octanol–water partition coefficient (Wildman–Crippen LogP) is 1.66. The van der Waals surface area contributed by atoms with Crippen LogP contribution in [0, 0.1) is 0 Å². The van der Waals surface area contributed by atoms with Gasteiger partial charge < -0.3 is 10.8 Å². The number of aliphatic carboxylic acids is 1. The second-order valence-electron chi connectivity index (χ2n) is 2.43. The average molecular weight is 230 g/mol. The number of nitrogens with two attached hydrogens (primary N) is 1. The van der Waals surface area contributed by atoms with Gasteiger partial charge >= 0.3 is 5.97 Å². The van der Waals surface area contributed by atoms with E-state index in [9.17, 15) is 4.79 Å². The number of benzene rings is 1. The molecule has 12 heavy (non-hydrogen) atoms. The first-order chi connectivity index (χ1) is 5.59. The van der Waals surface area contributed by atoms with E-state index in [2.05, 4.69) is 15.9 Å². The third-order valence-electron chi connectivity index (χ3n) is 1.42. The molecule has 0 aliphatic heterocycles. The molecule has 3 N–H and O–H groups in total. The summed E-state index contributed by atoms with van der Waals surface area (Å²) in [6, 6.07) is 5.10. The molecule has 0 spiro atoms. The maximum Gasteiger partial charge on any atom is 0.307 e. The van der Waals surface area contributed by atoms with Gasteiger partial charge in [-0.05, 0) is 33.6 Å². The summed E-state index contributed by atoms with van der Waals surface area (Å²) in [4.78, 5) is 10.3. The summed E-state index contributed by atoms with van der Waals surface area (Å²) in [6.45, 7) is 0. The normalized spacial score (nSPS) is 9.75. The first kappa shape index (κ1) is 9.06. The van der Waals surface area contributed by atoms with Crippen molar-refractivity contribution in [2.45, 2.75) is 6.42 Å². The van der Waals surface area contributed by atoms with E-state index in [0.717, 1.165) is 10.0 Å². The SMILES string of the molecule is Nc1ccc(CC(=O)O)cc1Br. The number of nitrogen functional groups attached to an aromatic ring is 1. The summed E-state index contributed by atoms with van der Waals surface area (Å²) in [5.41, 5.74) is 6.88. The van der Waals surface area contributed by atoms with Gasteiger partial charge in [-0.2, -0.15) is 0 Å². The zero-order valence-corrected chi connectivity index (χ0v) is 7.84. The van der Waals surface area contributed by atoms with Gasteiger partial charge in [-0.25, -0.2) is 0 Å². The highest BCUT2D eigenvalue weighted by Gasteiger charge is 2.01. The fraction of sp³-hybridized carbons (Fsp3) is 0.125. The lowest BCUT2D eigenvalue weighted by molar-refractivity contribution is -0.136. The maximum absolute atomic E-state index is 10.3. The lowest BCUT2D eigenvalue weighted by Crippen LogP contribution is -2.00. The first-order valence-corrected chi connectivity index (χ1v) is 4.14. The lowest BCUT2D eigenvalue weighted by atomic mass is 10.1. The van der Waals surface area contributed by atoms with E-state index in [0.29, 0.717) is 5.69 Å². The van der Waals surface area contributed by atoms with Crippen LogP contribution in [0.25, 0.3) is 0 Å². The molecule has 0 aliphatic rings. The Hall–Kier alpha value is -1.03. The number of hydrogen-bond acceptors (Lipinski definition) is 2. The molecule has 0 aliphatic carbocycles. The number of halogens is 1. The van der Waals surface area contributed by atoms with Crippen LogP contribution in [0.5, 0.6) is 0 Å². The Balaban J connectivity index is 2.89. The fourth-order valence-electron chi connectivity index (χ4n) is 0.855. The van der Waals surface area contributed by atoms with Crippen LogP contribution in [-0.4, -0.2) is 11.1 Å². The molecule has 64 valence electrons. The van der Waals surface area contributed by atoms with Gasteiger partial charge in [0.05, 0.1) is 6.42 Å². The highest BCUT2D eigenvalue weighted by Crippen LogP contribution is 2.20. The third-order valence-corrected chi connectivity index (χ3v) is 2.11. The van der Waals surface area contributed by atoms with Crippen molar-refractivity contribution < 1.29 is 9.90 Å². The van der Waals surface area contributed by atoms with Gasteiger partial charge in [0.15, 0.2) is 0 Å². The van der Waals surface area contributed by atoms with Gasteiger partial charge in [-0.1, -0.05) is 6.07 Å². The van der Waals surface area contributed by atoms with Crippen molar-refractivity contribution in [3.63, 3.8) is 0 Å². The minimum Gasteiger partial charge on any atom is -0.481 e. The van der Waals surface area contributed by atoms with Crippen LogP contribution in [0.3, 0.4) is 0 Å². The topological polar surface area (TPSA) is 63.3 Å². The lowest BCUT2D eigenvalue weighted by Gasteiger charge is -2.00. The summed E-state index contributed by atoms with van der Waals surface area (Å²) in [5.74, 6) is -0.841. The monoisotopic (exact) mass is 229 g/mol. The van der Waals surface area contributed by atoms with Crippen LogP contribution in [0.2, 0.25) is 0 Å². The molecule has 0 saturated heterocycles. The van der Waals surface area contributed by atoms with E-state index < -0.39 is 5.97 Å². The molecule has 1 rings (SSSR count). The smallest absolute Gasteiger partial charge is 0.307 e. The Kier molecular flexibility index (Phi) is 2.70. The zero-order chi connectivity index (χ0) is 9.14. The van der Waals surface area contributed by atoms with Crippen LogP contribution in [0.4, 0.5) is 5.69 Å². The summed E-state index contributed by atoms with van der Waals surface area (Å²) >= 11 is 3.22. The molecular weight excluding hydrogens is 222 g/mol. The van der Waals surface area contributed by atoms with Crippen molar-refractivity contribution in [3.8, 4) is 0 Å². The van der Waals surface area contributed by atoms with Crippen molar-refractivity contribution in [2.24, 2.45) is 0 Å². The van der Waals surface area contributed by atoms with Gasteiger partial charge in [-0.3, -0.25) is 4.79 Å². The maximum atomic E-state index is 10.3. The quantitative estimate of drug-likeness (QED) is 0.759.